The number of rotatable bonds is 7. The summed E-state index contributed by atoms with van der Waals surface area (Å²) in [6, 6.07) is 6.35. The highest BCUT2D eigenvalue weighted by atomic mass is 16.5. The molecule has 1 aromatic carbocycles. The molecule has 0 amide bonds. The van der Waals surface area contributed by atoms with E-state index in [1.807, 2.05) is 13.1 Å². The van der Waals surface area contributed by atoms with Crippen molar-refractivity contribution >= 4 is 11.6 Å². The molecule has 3 rings (SSSR count). The molecule has 168 valence electrons. The number of hydrogen-bond acceptors (Lipinski definition) is 6. The predicted octanol–water partition coefficient (Wildman–Crippen LogP) is 1.56. The molecular formula is C22H37N5O3. The molecule has 2 fully saturated rings. The van der Waals surface area contributed by atoms with Crippen molar-refractivity contribution in [3.05, 3.63) is 18.2 Å². The average Bonchev–Trinajstić information content (AvgIpc) is 3.25. The molecule has 1 aromatic rings. The standard InChI is InChI=1S/C22H37N5O3/c1-22(2,27-8-10-30-11-9-27)16-24-21(23-3)25-17-6-7-26(15-17)18-12-19(28-4)14-20(13-18)29-5/h12-14,17H,6-11,15-16H2,1-5H3,(H2,23,24,25). The maximum atomic E-state index is 5.49. The van der Waals surface area contributed by atoms with Crippen molar-refractivity contribution in [2.75, 3.05) is 72.1 Å². The van der Waals surface area contributed by atoms with Crippen molar-refractivity contribution in [2.45, 2.75) is 31.8 Å². The zero-order chi connectivity index (χ0) is 21.6. The third-order valence-electron chi connectivity index (χ3n) is 6.01. The lowest BCUT2D eigenvalue weighted by atomic mass is 10.0. The zero-order valence-corrected chi connectivity index (χ0v) is 19.0. The van der Waals surface area contributed by atoms with Crippen LogP contribution >= 0.6 is 0 Å². The highest BCUT2D eigenvalue weighted by Gasteiger charge is 2.29. The first-order valence-electron chi connectivity index (χ1n) is 10.7. The van der Waals surface area contributed by atoms with Crippen LogP contribution in [0.25, 0.3) is 0 Å². The summed E-state index contributed by atoms with van der Waals surface area (Å²) in [4.78, 5) is 9.28. The summed E-state index contributed by atoms with van der Waals surface area (Å²) >= 11 is 0. The van der Waals surface area contributed by atoms with Crippen molar-refractivity contribution in [3.63, 3.8) is 0 Å². The van der Waals surface area contributed by atoms with Crippen LogP contribution in [0.3, 0.4) is 0 Å². The van der Waals surface area contributed by atoms with Crippen LogP contribution in [0.2, 0.25) is 0 Å². The van der Waals surface area contributed by atoms with Crippen molar-refractivity contribution in [1.82, 2.24) is 15.5 Å². The molecule has 8 heteroatoms. The topological polar surface area (TPSA) is 70.6 Å². The van der Waals surface area contributed by atoms with Gasteiger partial charge in [-0.15, -0.1) is 0 Å². The van der Waals surface area contributed by atoms with Gasteiger partial charge >= 0.3 is 0 Å². The lowest BCUT2D eigenvalue weighted by Gasteiger charge is -2.41. The number of nitrogens with one attached hydrogen (secondary N) is 2. The minimum absolute atomic E-state index is 0.0419. The summed E-state index contributed by atoms with van der Waals surface area (Å²) in [5.74, 6) is 2.47. The minimum Gasteiger partial charge on any atom is -0.497 e. The van der Waals surface area contributed by atoms with Crippen molar-refractivity contribution in [3.8, 4) is 11.5 Å². The second-order valence-corrected chi connectivity index (χ2v) is 8.48. The monoisotopic (exact) mass is 419 g/mol. The second kappa shape index (κ2) is 10.2. The van der Waals surface area contributed by atoms with Crippen LogP contribution in [0.5, 0.6) is 11.5 Å². The number of morpholine rings is 1. The lowest BCUT2D eigenvalue weighted by Crippen LogP contribution is -2.57. The van der Waals surface area contributed by atoms with Gasteiger partial charge in [-0.1, -0.05) is 0 Å². The largest absolute Gasteiger partial charge is 0.497 e. The van der Waals surface area contributed by atoms with E-state index in [1.54, 1.807) is 14.2 Å². The number of nitrogens with zero attached hydrogens (tertiary/aromatic N) is 3. The van der Waals surface area contributed by atoms with Gasteiger partial charge in [-0.2, -0.15) is 0 Å². The SMILES string of the molecule is CN=C(NCC(C)(C)N1CCOCC1)NC1CCN(c2cc(OC)cc(OC)c2)C1. The highest BCUT2D eigenvalue weighted by molar-refractivity contribution is 5.80. The summed E-state index contributed by atoms with van der Waals surface area (Å²) < 4.78 is 16.3. The van der Waals surface area contributed by atoms with E-state index in [1.165, 1.54) is 0 Å². The first-order valence-corrected chi connectivity index (χ1v) is 10.7. The molecule has 2 saturated heterocycles. The molecule has 8 nitrogen and oxygen atoms in total. The normalized spacial score (nSPS) is 20.9. The molecule has 1 atom stereocenters. The number of methoxy groups -OCH3 is 2. The van der Waals surface area contributed by atoms with Crippen molar-refractivity contribution < 1.29 is 14.2 Å². The number of anilines is 1. The number of hydrogen-bond donors (Lipinski definition) is 2. The first-order chi connectivity index (χ1) is 14.4. The fraction of sp³-hybridized carbons (Fsp3) is 0.682. The van der Waals surface area contributed by atoms with E-state index in [9.17, 15) is 0 Å². The van der Waals surface area contributed by atoms with Gasteiger partial charge in [0.05, 0.1) is 27.4 Å². The van der Waals surface area contributed by atoms with Crippen LogP contribution in [0.15, 0.2) is 23.2 Å². The van der Waals surface area contributed by atoms with E-state index in [2.05, 4.69) is 51.4 Å². The molecule has 1 unspecified atom stereocenters. The summed E-state index contributed by atoms with van der Waals surface area (Å²) in [6.07, 6.45) is 1.05. The Hall–Kier alpha value is -2.19. The summed E-state index contributed by atoms with van der Waals surface area (Å²) in [6.45, 7) is 10.8. The van der Waals surface area contributed by atoms with E-state index >= 15 is 0 Å². The van der Waals surface area contributed by atoms with Gasteiger partial charge in [0.2, 0.25) is 0 Å². The number of guanidine groups is 1. The van der Waals surface area contributed by atoms with E-state index in [0.717, 1.165) is 75.5 Å². The Morgan fingerprint density at radius 3 is 2.40 bits per heavy atom. The van der Waals surface area contributed by atoms with Crippen LogP contribution in [-0.2, 0) is 4.74 Å². The molecular weight excluding hydrogens is 382 g/mol. The van der Waals surface area contributed by atoms with Gasteiger partial charge in [-0.25, -0.2) is 0 Å². The first kappa shape index (κ1) is 22.5. The minimum atomic E-state index is 0.0419. The lowest BCUT2D eigenvalue weighted by molar-refractivity contribution is -0.00834. The number of benzene rings is 1. The quantitative estimate of drug-likeness (QED) is 0.513. The van der Waals surface area contributed by atoms with Crippen LogP contribution in [0, 0.1) is 0 Å². The van der Waals surface area contributed by atoms with E-state index in [4.69, 9.17) is 14.2 Å². The Balaban J connectivity index is 1.53. The number of aliphatic imine (C=N–C) groups is 1. The van der Waals surface area contributed by atoms with Crippen LogP contribution in [0.1, 0.15) is 20.3 Å². The van der Waals surface area contributed by atoms with E-state index in [-0.39, 0.29) is 5.54 Å². The Bertz CT molecular complexity index is 696. The molecule has 30 heavy (non-hydrogen) atoms. The van der Waals surface area contributed by atoms with Crippen LogP contribution < -0.4 is 25.0 Å². The van der Waals surface area contributed by atoms with Gasteiger partial charge in [0, 0.05) is 75.2 Å². The van der Waals surface area contributed by atoms with Crippen LogP contribution in [0.4, 0.5) is 5.69 Å². The Labute approximate surface area is 180 Å². The van der Waals surface area contributed by atoms with Gasteiger partial charge in [0.1, 0.15) is 11.5 Å². The summed E-state index contributed by atoms with van der Waals surface area (Å²) in [5.41, 5.74) is 1.16. The molecule has 2 N–H and O–H groups in total. The zero-order valence-electron chi connectivity index (χ0n) is 19.0. The molecule has 2 aliphatic heterocycles. The van der Waals surface area contributed by atoms with Crippen LogP contribution in [-0.4, -0.2) is 89.6 Å². The van der Waals surface area contributed by atoms with Crippen molar-refractivity contribution in [2.24, 2.45) is 4.99 Å². The molecule has 0 radical (unpaired) electrons. The molecule has 0 spiro atoms. The second-order valence-electron chi connectivity index (χ2n) is 8.48. The van der Waals surface area contributed by atoms with Gasteiger partial charge in [-0.3, -0.25) is 9.89 Å². The van der Waals surface area contributed by atoms with Gasteiger partial charge < -0.3 is 29.7 Å². The molecule has 0 bridgehead atoms. The number of ether oxygens (including phenoxy) is 3. The average molecular weight is 420 g/mol. The summed E-state index contributed by atoms with van der Waals surface area (Å²) in [5, 5.41) is 7.11. The smallest absolute Gasteiger partial charge is 0.191 e. The fourth-order valence-electron chi connectivity index (χ4n) is 4.06. The van der Waals surface area contributed by atoms with Crippen molar-refractivity contribution in [1.29, 1.82) is 0 Å². The highest BCUT2D eigenvalue weighted by Crippen LogP contribution is 2.30. The maximum Gasteiger partial charge on any atom is 0.191 e. The van der Waals surface area contributed by atoms with Gasteiger partial charge in [0.15, 0.2) is 5.96 Å². The molecule has 2 heterocycles. The third-order valence-corrected chi connectivity index (χ3v) is 6.01. The van der Waals surface area contributed by atoms with Gasteiger partial charge in [-0.05, 0) is 20.3 Å². The van der Waals surface area contributed by atoms with Gasteiger partial charge in [0.25, 0.3) is 0 Å². The fourth-order valence-corrected chi connectivity index (χ4v) is 4.06. The Morgan fingerprint density at radius 1 is 1.13 bits per heavy atom. The Kier molecular flexibility index (Phi) is 7.66. The molecule has 0 aromatic heterocycles. The third kappa shape index (κ3) is 5.70. The molecule has 0 aliphatic carbocycles. The Morgan fingerprint density at radius 2 is 1.80 bits per heavy atom. The summed E-state index contributed by atoms with van der Waals surface area (Å²) in [7, 11) is 5.19. The van der Waals surface area contributed by atoms with E-state index < -0.39 is 0 Å². The molecule has 2 aliphatic rings. The van der Waals surface area contributed by atoms with E-state index in [0.29, 0.717) is 6.04 Å². The molecule has 0 saturated carbocycles. The maximum absolute atomic E-state index is 5.49. The predicted molar refractivity (Wildman–Crippen MR) is 121 cm³/mol.